The minimum atomic E-state index is 0.387. The van der Waals surface area contributed by atoms with E-state index in [9.17, 15) is 0 Å². The smallest absolute Gasteiger partial charge is 0.0498 e. The Bertz CT molecular complexity index is 565. The van der Waals surface area contributed by atoms with E-state index < -0.39 is 0 Å². The van der Waals surface area contributed by atoms with Crippen molar-refractivity contribution in [3.8, 4) is 0 Å². The van der Waals surface area contributed by atoms with Crippen LogP contribution in [-0.4, -0.2) is 18.1 Å². The van der Waals surface area contributed by atoms with Crippen LogP contribution in [-0.2, 0) is 6.42 Å². The molecule has 0 saturated heterocycles. The predicted octanol–water partition coefficient (Wildman–Crippen LogP) is 2.69. The van der Waals surface area contributed by atoms with Gasteiger partial charge in [0, 0.05) is 30.2 Å². The molecule has 1 atom stereocenters. The van der Waals surface area contributed by atoms with E-state index in [1.165, 1.54) is 11.1 Å². The molecule has 98 valence electrons. The lowest BCUT2D eigenvalue weighted by molar-refractivity contribution is 0.523. The van der Waals surface area contributed by atoms with E-state index in [0.717, 1.165) is 30.9 Å². The van der Waals surface area contributed by atoms with Crippen molar-refractivity contribution in [3.05, 3.63) is 59.4 Å². The van der Waals surface area contributed by atoms with E-state index in [1.54, 1.807) is 0 Å². The SMILES string of the molecule is Cc1cc(NCC2NCCc3ccccc32)ccn1. The molecule has 0 amide bonds. The Kier molecular flexibility index (Phi) is 3.47. The topological polar surface area (TPSA) is 37.0 Å². The second-order valence-electron chi connectivity index (χ2n) is 5.02. The molecule has 0 spiro atoms. The van der Waals surface area contributed by atoms with Gasteiger partial charge in [0.25, 0.3) is 0 Å². The summed E-state index contributed by atoms with van der Waals surface area (Å²) < 4.78 is 0. The first-order valence-electron chi connectivity index (χ1n) is 6.80. The lowest BCUT2D eigenvalue weighted by atomic mass is 9.94. The van der Waals surface area contributed by atoms with E-state index in [-0.39, 0.29) is 0 Å². The molecule has 1 aliphatic rings. The Morgan fingerprint density at radius 2 is 2.21 bits per heavy atom. The van der Waals surface area contributed by atoms with Gasteiger partial charge in [-0.15, -0.1) is 0 Å². The number of aromatic nitrogens is 1. The van der Waals surface area contributed by atoms with Gasteiger partial charge in [-0.05, 0) is 43.1 Å². The summed E-state index contributed by atoms with van der Waals surface area (Å²) in [6, 6.07) is 13.2. The Balaban J connectivity index is 1.71. The molecule has 0 bridgehead atoms. The van der Waals surface area contributed by atoms with Gasteiger partial charge in [0.2, 0.25) is 0 Å². The van der Waals surface area contributed by atoms with Gasteiger partial charge in [-0.25, -0.2) is 0 Å². The Labute approximate surface area is 114 Å². The van der Waals surface area contributed by atoms with Gasteiger partial charge < -0.3 is 10.6 Å². The minimum absolute atomic E-state index is 0.387. The lowest BCUT2D eigenvalue weighted by Gasteiger charge is -2.27. The molecule has 2 N–H and O–H groups in total. The van der Waals surface area contributed by atoms with Crippen LogP contribution in [0.25, 0.3) is 0 Å². The number of rotatable bonds is 3. The average Bonchev–Trinajstić information content (AvgIpc) is 2.45. The predicted molar refractivity (Wildman–Crippen MR) is 78.4 cm³/mol. The highest BCUT2D eigenvalue weighted by Gasteiger charge is 2.18. The van der Waals surface area contributed by atoms with Crippen molar-refractivity contribution >= 4 is 5.69 Å². The molecule has 0 radical (unpaired) electrons. The summed E-state index contributed by atoms with van der Waals surface area (Å²) in [5, 5.41) is 7.08. The van der Waals surface area contributed by atoms with Crippen LogP contribution in [0.2, 0.25) is 0 Å². The number of benzene rings is 1. The molecule has 1 unspecified atom stereocenters. The Morgan fingerprint density at radius 1 is 1.32 bits per heavy atom. The third-order valence-corrected chi connectivity index (χ3v) is 3.62. The summed E-state index contributed by atoms with van der Waals surface area (Å²) in [5.41, 5.74) is 5.07. The maximum absolute atomic E-state index is 4.21. The second-order valence-corrected chi connectivity index (χ2v) is 5.02. The van der Waals surface area contributed by atoms with Crippen LogP contribution in [0, 0.1) is 6.92 Å². The molecule has 2 aromatic rings. The van der Waals surface area contributed by atoms with Crippen LogP contribution in [0.1, 0.15) is 22.9 Å². The van der Waals surface area contributed by atoms with Crippen LogP contribution in [0.4, 0.5) is 5.69 Å². The zero-order valence-corrected chi connectivity index (χ0v) is 11.2. The van der Waals surface area contributed by atoms with Crippen molar-refractivity contribution in [2.75, 3.05) is 18.4 Å². The van der Waals surface area contributed by atoms with Crippen molar-refractivity contribution in [3.63, 3.8) is 0 Å². The van der Waals surface area contributed by atoms with E-state index in [2.05, 4.69) is 45.9 Å². The van der Waals surface area contributed by atoms with Gasteiger partial charge in [-0.1, -0.05) is 24.3 Å². The standard InChI is InChI=1S/C16H19N3/c1-12-10-14(7-9-17-12)19-11-16-15-5-3-2-4-13(15)6-8-18-16/h2-5,7,9-10,16,18H,6,8,11H2,1H3,(H,17,19). The number of anilines is 1. The fourth-order valence-corrected chi connectivity index (χ4v) is 2.65. The number of pyridine rings is 1. The Morgan fingerprint density at radius 3 is 3.11 bits per heavy atom. The zero-order chi connectivity index (χ0) is 13.1. The van der Waals surface area contributed by atoms with Gasteiger partial charge in [-0.3, -0.25) is 4.98 Å². The summed E-state index contributed by atoms with van der Waals surface area (Å²) in [7, 11) is 0. The molecule has 0 fully saturated rings. The van der Waals surface area contributed by atoms with Crippen LogP contribution in [0.3, 0.4) is 0 Å². The van der Waals surface area contributed by atoms with Crippen molar-refractivity contribution in [2.24, 2.45) is 0 Å². The number of nitrogens with one attached hydrogen (secondary N) is 2. The van der Waals surface area contributed by atoms with Crippen LogP contribution < -0.4 is 10.6 Å². The third-order valence-electron chi connectivity index (χ3n) is 3.62. The van der Waals surface area contributed by atoms with E-state index in [1.807, 2.05) is 19.2 Å². The maximum atomic E-state index is 4.21. The van der Waals surface area contributed by atoms with Gasteiger partial charge in [-0.2, -0.15) is 0 Å². The molecule has 3 nitrogen and oxygen atoms in total. The van der Waals surface area contributed by atoms with Crippen LogP contribution >= 0.6 is 0 Å². The summed E-state index contributed by atoms with van der Waals surface area (Å²) >= 11 is 0. The lowest BCUT2D eigenvalue weighted by Crippen LogP contribution is -2.34. The zero-order valence-electron chi connectivity index (χ0n) is 11.2. The first kappa shape index (κ1) is 12.2. The minimum Gasteiger partial charge on any atom is -0.383 e. The molecule has 0 saturated carbocycles. The summed E-state index contributed by atoms with van der Waals surface area (Å²) in [6.07, 6.45) is 2.97. The van der Waals surface area contributed by atoms with Gasteiger partial charge in [0.15, 0.2) is 0 Å². The second kappa shape index (κ2) is 5.41. The molecule has 0 aliphatic carbocycles. The van der Waals surface area contributed by atoms with E-state index in [4.69, 9.17) is 0 Å². The van der Waals surface area contributed by atoms with Gasteiger partial charge in [0.1, 0.15) is 0 Å². The number of nitrogens with zero attached hydrogens (tertiary/aromatic N) is 1. The molecule has 1 aromatic heterocycles. The molecule has 3 rings (SSSR count). The largest absolute Gasteiger partial charge is 0.383 e. The number of aryl methyl sites for hydroxylation is 1. The maximum Gasteiger partial charge on any atom is 0.0498 e. The normalized spacial score (nSPS) is 17.8. The highest BCUT2D eigenvalue weighted by molar-refractivity contribution is 5.44. The van der Waals surface area contributed by atoms with Crippen molar-refractivity contribution in [1.82, 2.24) is 10.3 Å². The van der Waals surface area contributed by atoms with Gasteiger partial charge in [0.05, 0.1) is 0 Å². The molecule has 1 aliphatic heterocycles. The van der Waals surface area contributed by atoms with Gasteiger partial charge >= 0.3 is 0 Å². The monoisotopic (exact) mass is 253 g/mol. The molecule has 19 heavy (non-hydrogen) atoms. The Hall–Kier alpha value is -1.87. The summed E-state index contributed by atoms with van der Waals surface area (Å²) in [5.74, 6) is 0. The fraction of sp³-hybridized carbons (Fsp3) is 0.312. The number of hydrogen-bond acceptors (Lipinski definition) is 3. The summed E-state index contributed by atoms with van der Waals surface area (Å²) in [6.45, 7) is 3.97. The van der Waals surface area contributed by atoms with Crippen LogP contribution in [0.15, 0.2) is 42.6 Å². The fourth-order valence-electron chi connectivity index (χ4n) is 2.65. The highest BCUT2D eigenvalue weighted by atomic mass is 15.0. The third kappa shape index (κ3) is 2.76. The van der Waals surface area contributed by atoms with E-state index in [0.29, 0.717) is 6.04 Å². The van der Waals surface area contributed by atoms with Crippen molar-refractivity contribution in [1.29, 1.82) is 0 Å². The van der Waals surface area contributed by atoms with Crippen molar-refractivity contribution in [2.45, 2.75) is 19.4 Å². The molecule has 1 aromatic carbocycles. The number of fused-ring (bicyclic) bond motifs is 1. The van der Waals surface area contributed by atoms with Crippen molar-refractivity contribution < 1.29 is 0 Å². The first-order chi connectivity index (χ1) is 9.33. The molecule has 3 heteroatoms. The first-order valence-corrected chi connectivity index (χ1v) is 6.80. The highest BCUT2D eigenvalue weighted by Crippen LogP contribution is 2.23. The molecular weight excluding hydrogens is 234 g/mol. The molecule has 2 heterocycles. The number of hydrogen-bond donors (Lipinski definition) is 2. The molecular formula is C16H19N3. The average molecular weight is 253 g/mol. The van der Waals surface area contributed by atoms with Crippen LogP contribution in [0.5, 0.6) is 0 Å². The van der Waals surface area contributed by atoms with E-state index >= 15 is 0 Å². The summed E-state index contributed by atoms with van der Waals surface area (Å²) in [4.78, 5) is 4.21. The quantitative estimate of drug-likeness (QED) is 0.883.